The largest absolute Gasteiger partial charge is 0.490 e. The third-order valence-electron chi connectivity index (χ3n) is 7.43. The van der Waals surface area contributed by atoms with Crippen LogP contribution < -0.4 is 4.74 Å². The van der Waals surface area contributed by atoms with Gasteiger partial charge in [0.05, 0.1) is 15.6 Å². The van der Waals surface area contributed by atoms with Gasteiger partial charge in [0.2, 0.25) is 0 Å². The molecule has 2 heterocycles. The fourth-order valence-corrected chi connectivity index (χ4v) is 5.59. The molecular formula is C27H29Cl2F3N2O3. The van der Waals surface area contributed by atoms with Crippen LogP contribution in [0, 0.1) is 11.8 Å². The van der Waals surface area contributed by atoms with Gasteiger partial charge >= 0.3 is 12.2 Å². The maximum absolute atomic E-state index is 13.4. The van der Waals surface area contributed by atoms with Crippen LogP contribution in [0.5, 0.6) is 5.75 Å². The average Bonchev–Trinajstić information content (AvgIpc) is 3.31. The Labute approximate surface area is 224 Å². The molecule has 37 heavy (non-hydrogen) atoms. The highest BCUT2D eigenvalue weighted by atomic mass is 35.5. The zero-order valence-electron chi connectivity index (χ0n) is 20.6. The second kappa shape index (κ2) is 11.1. The molecule has 2 aliphatic heterocycles. The first-order valence-electron chi connectivity index (χ1n) is 12.3. The Kier molecular flexibility index (Phi) is 8.29. The highest BCUT2D eigenvalue weighted by molar-refractivity contribution is 6.42. The number of urea groups is 1. The summed E-state index contributed by atoms with van der Waals surface area (Å²) < 4.78 is 45.6. The van der Waals surface area contributed by atoms with E-state index in [4.69, 9.17) is 27.9 Å². The molecule has 0 N–H and O–H groups in total. The lowest BCUT2D eigenvalue weighted by Crippen LogP contribution is -2.47. The monoisotopic (exact) mass is 556 g/mol. The lowest BCUT2D eigenvalue weighted by atomic mass is 9.85. The number of piperidine rings is 1. The van der Waals surface area contributed by atoms with Crippen LogP contribution in [0.2, 0.25) is 10.0 Å². The molecule has 2 unspecified atom stereocenters. The van der Waals surface area contributed by atoms with E-state index in [1.54, 1.807) is 28.9 Å². The molecule has 10 heteroatoms. The number of hydrogen-bond acceptors (Lipinski definition) is 3. The number of halogens is 5. The van der Waals surface area contributed by atoms with Crippen LogP contribution in [0.25, 0.3) is 0 Å². The molecule has 4 rings (SSSR count). The van der Waals surface area contributed by atoms with E-state index in [1.807, 2.05) is 13.0 Å². The van der Waals surface area contributed by atoms with E-state index in [2.05, 4.69) is 0 Å². The van der Waals surface area contributed by atoms with Crippen molar-refractivity contribution in [3.05, 3.63) is 63.6 Å². The van der Waals surface area contributed by atoms with Gasteiger partial charge in [0.15, 0.2) is 0 Å². The zero-order chi connectivity index (χ0) is 26.9. The third kappa shape index (κ3) is 6.34. The zero-order valence-corrected chi connectivity index (χ0v) is 22.1. The van der Waals surface area contributed by atoms with Crippen molar-refractivity contribution in [1.29, 1.82) is 0 Å². The predicted octanol–water partition coefficient (Wildman–Crippen LogP) is 6.92. The van der Waals surface area contributed by atoms with E-state index in [-0.39, 0.29) is 35.3 Å². The molecular weight excluding hydrogens is 528 g/mol. The average molecular weight is 557 g/mol. The quantitative estimate of drug-likeness (QED) is 0.401. The SMILES string of the molecule is CC(=O)C1CCN(C(=O)N2CC(c3ccc(Cl)c(Cl)c3)C([C@@H](C)Oc3cccc(C(F)(F)F)c3)C2)CC1. The number of benzene rings is 2. The summed E-state index contributed by atoms with van der Waals surface area (Å²) in [5.74, 6) is -0.111. The van der Waals surface area contributed by atoms with Gasteiger partial charge in [0.25, 0.3) is 0 Å². The summed E-state index contributed by atoms with van der Waals surface area (Å²) >= 11 is 12.4. The number of likely N-dealkylation sites (tertiary alicyclic amines) is 2. The van der Waals surface area contributed by atoms with Gasteiger partial charge in [-0.15, -0.1) is 0 Å². The molecule has 2 aromatic rings. The van der Waals surface area contributed by atoms with Crippen molar-refractivity contribution < 1.29 is 27.5 Å². The highest BCUT2D eigenvalue weighted by Crippen LogP contribution is 2.39. The van der Waals surface area contributed by atoms with Gasteiger partial charge in [-0.05, 0) is 62.6 Å². The van der Waals surface area contributed by atoms with Crippen molar-refractivity contribution in [3.8, 4) is 5.75 Å². The van der Waals surface area contributed by atoms with E-state index >= 15 is 0 Å². The molecule has 0 bridgehead atoms. The molecule has 0 saturated carbocycles. The van der Waals surface area contributed by atoms with Crippen LogP contribution in [0.15, 0.2) is 42.5 Å². The number of Topliss-reactive ketones (excluding diaryl/α,β-unsaturated/α-hetero) is 1. The second-order valence-electron chi connectivity index (χ2n) is 9.85. The summed E-state index contributed by atoms with van der Waals surface area (Å²) in [7, 11) is 0. The van der Waals surface area contributed by atoms with Crippen LogP contribution in [0.3, 0.4) is 0 Å². The van der Waals surface area contributed by atoms with E-state index < -0.39 is 17.8 Å². The van der Waals surface area contributed by atoms with Gasteiger partial charge in [-0.3, -0.25) is 4.79 Å². The van der Waals surface area contributed by atoms with Crippen LogP contribution in [-0.4, -0.2) is 53.9 Å². The summed E-state index contributed by atoms with van der Waals surface area (Å²) in [6, 6.07) is 10.0. The van der Waals surface area contributed by atoms with Gasteiger partial charge in [0, 0.05) is 43.9 Å². The number of nitrogens with zero attached hydrogens (tertiary/aromatic N) is 2. The second-order valence-corrected chi connectivity index (χ2v) is 10.7. The van der Waals surface area contributed by atoms with Gasteiger partial charge in [-0.1, -0.05) is 35.3 Å². The number of ether oxygens (including phenoxy) is 1. The topological polar surface area (TPSA) is 49.9 Å². The first-order valence-corrected chi connectivity index (χ1v) is 13.0. The van der Waals surface area contributed by atoms with Crippen LogP contribution >= 0.6 is 23.2 Å². The summed E-state index contributed by atoms with van der Waals surface area (Å²) in [6.07, 6.45) is -3.69. The van der Waals surface area contributed by atoms with E-state index in [1.165, 1.54) is 12.1 Å². The van der Waals surface area contributed by atoms with Crippen molar-refractivity contribution in [2.45, 2.75) is 44.9 Å². The molecule has 0 aliphatic carbocycles. The lowest BCUT2D eigenvalue weighted by molar-refractivity contribution is -0.137. The Morgan fingerprint density at radius 2 is 1.70 bits per heavy atom. The Bertz CT molecular complexity index is 1150. The Morgan fingerprint density at radius 3 is 2.32 bits per heavy atom. The molecule has 0 aromatic heterocycles. The molecule has 200 valence electrons. The number of carbonyl (C=O) groups is 2. The minimum atomic E-state index is -4.47. The summed E-state index contributed by atoms with van der Waals surface area (Å²) in [6.45, 7) is 5.19. The predicted molar refractivity (Wildman–Crippen MR) is 136 cm³/mol. The van der Waals surface area contributed by atoms with E-state index in [0.29, 0.717) is 49.1 Å². The van der Waals surface area contributed by atoms with Gasteiger partial charge in [-0.2, -0.15) is 13.2 Å². The normalized spacial score (nSPS) is 21.7. The van der Waals surface area contributed by atoms with Crippen LogP contribution in [0.4, 0.5) is 18.0 Å². The minimum Gasteiger partial charge on any atom is -0.490 e. The smallest absolute Gasteiger partial charge is 0.416 e. The molecule has 0 spiro atoms. The fraction of sp³-hybridized carbons (Fsp3) is 0.481. The molecule has 0 radical (unpaired) electrons. The van der Waals surface area contributed by atoms with E-state index in [0.717, 1.165) is 17.7 Å². The van der Waals surface area contributed by atoms with Crippen molar-refractivity contribution in [2.24, 2.45) is 11.8 Å². The first kappa shape index (κ1) is 27.6. The third-order valence-corrected chi connectivity index (χ3v) is 8.17. The number of alkyl halides is 3. The summed E-state index contributed by atoms with van der Waals surface area (Å²) in [4.78, 5) is 28.7. The van der Waals surface area contributed by atoms with Gasteiger partial charge in [0.1, 0.15) is 17.6 Å². The van der Waals surface area contributed by atoms with Crippen LogP contribution in [0.1, 0.15) is 43.7 Å². The number of amides is 2. The maximum atomic E-state index is 13.4. The Balaban J connectivity index is 1.54. The van der Waals surface area contributed by atoms with Crippen molar-refractivity contribution in [2.75, 3.05) is 26.2 Å². The fourth-order valence-electron chi connectivity index (χ4n) is 5.28. The standard InChI is InChI=1S/C27H29Cl2F3N2O3/c1-16(35)18-8-10-33(11-9-18)26(36)34-14-22(23(15-34)19-6-7-24(28)25(29)12-19)17(2)37-21-5-3-4-20(13-21)27(30,31)32/h3-7,12-13,17-18,22-23H,8-11,14-15H2,1-2H3/t17-,22?,23?/m1/s1. The number of rotatable bonds is 5. The molecule has 2 amide bonds. The molecule has 2 aliphatic rings. The van der Waals surface area contributed by atoms with Gasteiger partial charge in [-0.25, -0.2) is 4.79 Å². The number of hydrogen-bond donors (Lipinski definition) is 0. The first-order chi connectivity index (χ1) is 17.4. The van der Waals surface area contributed by atoms with Gasteiger partial charge < -0.3 is 14.5 Å². The van der Waals surface area contributed by atoms with Crippen molar-refractivity contribution >= 4 is 35.0 Å². The molecule has 2 saturated heterocycles. The number of carbonyl (C=O) groups excluding carboxylic acids is 2. The number of ketones is 1. The highest BCUT2D eigenvalue weighted by Gasteiger charge is 2.42. The van der Waals surface area contributed by atoms with Crippen molar-refractivity contribution in [3.63, 3.8) is 0 Å². The van der Waals surface area contributed by atoms with E-state index in [9.17, 15) is 22.8 Å². The molecule has 5 nitrogen and oxygen atoms in total. The minimum absolute atomic E-state index is 0.0137. The molecule has 2 aromatic carbocycles. The van der Waals surface area contributed by atoms with Crippen LogP contribution in [-0.2, 0) is 11.0 Å². The Morgan fingerprint density at radius 1 is 1.00 bits per heavy atom. The summed E-state index contributed by atoms with van der Waals surface area (Å²) in [5.41, 5.74) is 0.0971. The molecule has 3 atom stereocenters. The molecule has 2 fully saturated rings. The summed E-state index contributed by atoms with van der Waals surface area (Å²) in [5, 5.41) is 0.801. The maximum Gasteiger partial charge on any atom is 0.416 e. The Hall–Kier alpha value is -2.45. The van der Waals surface area contributed by atoms with Crippen molar-refractivity contribution in [1.82, 2.24) is 9.80 Å². The lowest BCUT2D eigenvalue weighted by Gasteiger charge is -2.34.